The second-order valence-corrected chi connectivity index (χ2v) is 12.8. The molecule has 0 aliphatic rings. The van der Waals surface area contributed by atoms with Gasteiger partial charge in [-0.2, -0.15) is 0 Å². The molecule has 0 aliphatic heterocycles. The second kappa shape index (κ2) is 12.2. The number of aromatic nitrogens is 4. The van der Waals surface area contributed by atoms with Crippen molar-refractivity contribution in [2.24, 2.45) is 0 Å². The summed E-state index contributed by atoms with van der Waals surface area (Å²) >= 11 is 5.95. The molecule has 2 N–H and O–H groups in total. The number of rotatable bonds is 10. The van der Waals surface area contributed by atoms with Crippen LogP contribution in [-0.2, 0) is 21.4 Å². The number of hydrogen-bond acceptors (Lipinski definition) is 9. The van der Waals surface area contributed by atoms with E-state index in [1.165, 1.54) is 61.5 Å². The van der Waals surface area contributed by atoms with Crippen LogP contribution in [0.4, 0.5) is 5.13 Å². The summed E-state index contributed by atoms with van der Waals surface area (Å²) in [5.41, 5.74) is 1.05. The number of hydrogen-bond donors (Lipinski definition) is 2. The predicted molar refractivity (Wildman–Crippen MR) is 149 cm³/mol. The van der Waals surface area contributed by atoms with Gasteiger partial charge in [0, 0.05) is 41.4 Å². The number of amides is 2. The third-order valence-electron chi connectivity index (χ3n) is 5.10. The van der Waals surface area contributed by atoms with Gasteiger partial charge in [0.1, 0.15) is 0 Å². The van der Waals surface area contributed by atoms with Crippen molar-refractivity contribution in [2.75, 3.05) is 25.2 Å². The Kier molecular flexibility index (Phi) is 8.94. The summed E-state index contributed by atoms with van der Waals surface area (Å²) in [4.78, 5) is 29.3. The molecule has 11 nitrogen and oxygen atoms in total. The zero-order valence-corrected chi connectivity index (χ0v) is 24.2. The van der Waals surface area contributed by atoms with Crippen molar-refractivity contribution < 1.29 is 18.0 Å². The van der Waals surface area contributed by atoms with E-state index in [-0.39, 0.29) is 23.1 Å². The Hall–Kier alpha value is -3.11. The molecule has 198 valence electrons. The summed E-state index contributed by atoms with van der Waals surface area (Å²) in [6.07, 6.45) is 1.61. The maximum atomic E-state index is 12.8. The largest absolute Gasteiger partial charge is 0.345 e. The molecule has 0 saturated heterocycles. The minimum absolute atomic E-state index is 0.0471. The van der Waals surface area contributed by atoms with E-state index in [4.69, 9.17) is 0 Å². The third kappa shape index (κ3) is 6.66. The van der Waals surface area contributed by atoms with Crippen molar-refractivity contribution in [1.29, 1.82) is 0 Å². The van der Waals surface area contributed by atoms with E-state index < -0.39 is 15.9 Å². The average molecular weight is 637 g/mol. The van der Waals surface area contributed by atoms with Gasteiger partial charge >= 0.3 is 0 Å². The summed E-state index contributed by atoms with van der Waals surface area (Å²) in [6.45, 7) is 0.0471. The summed E-state index contributed by atoms with van der Waals surface area (Å²) in [5, 5.41) is 16.8. The van der Waals surface area contributed by atoms with Crippen molar-refractivity contribution in [1.82, 2.24) is 29.4 Å². The van der Waals surface area contributed by atoms with Gasteiger partial charge in [0.25, 0.3) is 5.91 Å². The molecule has 2 aromatic carbocycles. The van der Waals surface area contributed by atoms with E-state index in [0.717, 1.165) is 14.5 Å². The lowest BCUT2D eigenvalue weighted by Crippen LogP contribution is -2.25. The number of thiazole rings is 1. The van der Waals surface area contributed by atoms with Gasteiger partial charge in [-0.1, -0.05) is 27.7 Å². The predicted octanol–water partition coefficient (Wildman–Crippen LogP) is 3.40. The van der Waals surface area contributed by atoms with Crippen LogP contribution in [0, 0.1) is 0 Å². The molecule has 2 aromatic heterocycles. The van der Waals surface area contributed by atoms with E-state index >= 15 is 0 Å². The van der Waals surface area contributed by atoms with Crippen LogP contribution in [0.25, 0.3) is 5.69 Å². The normalized spacial score (nSPS) is 11.5. The zero-order chi connectivity index (χ0) is 27.3. The molecule has 4 aromatic rings. The molecule has 4 rings (SSSR count). The Bertz CT molecular complexity index is 1520. The fourth-order valence-electron chi connectivity index (χ4n) is 3.18. The molecule has 2 amide bonds. The van der Waals surface area contributed by atoms with Crippen LogP contribution in [0.2, 0.25) is 0 Å². The average Bonchev–Trinajstić information content (AvgIpc) is 3.56. The zero-order valence-electron chi connectivity index (χ0n) is 20.2. The van der Waals surface area contributed by atoms with Crippen LogP contribution in [0.1, 0.15) is 16.2 Å². The molecule has 2 heterocycles. The lowest BCUT2D eigenvalue weighted by atomic mass is 10.2. The first-order valence-electron chi connectivity index (χ1n) is 11.0. The Morgan fingerprint density at radius 1 is 1.08 bits per heavy atom. The van der Waals surface area contributed by atoms with E-state index in [1.807, 2.05) is 24.3 Å². The number of anilines is 1. The van der Waals surface area contributed by atoms with E-state index in [1.54, 1.807) is 16.1 Å². The maximum absolute atomic E-state index is 12.8. The first-order valence-corrected chi connectivity index (χ1v) is 15.1. The van der Waals surface area contributed by atoms with Crippen molar-refractivity contribution in [3.8, 4) is 5.69 Å². The number of carbonyl (C=O) groups is 2. The Balaban J connectivity index is 1.49. The van der Waals surface area contributed by atoms with Crippen LogP contribution in [0.5, 0.6) is 0 Å². The third-order valence-corrected chi connectivity index (χ3v) is 9.07. The fraction of sp³-hybridized carbons (Fsp3) is 0.174. The number of carbonyl (C=O) groups excluding carboxylic acids is 2. The number of halogens is 1. The molecule has 38 heavy (non-hydrogen) atoms. The van der Waals surface area contributed by atoms with E-state index in [2.05, 4.69) is 41.7 Å². The van der Waals surface area contributed by atoms with Gasteiger partial charge in [-0.05, 0) is 48.5 Å². The molecule has 0 unspecified atom stereocenters. The summed E-state index contributed by atoms with van der Waals surface area (Å²) in [5.74, 6) is -0.0932. The number of benzene rings is 2. The lowest BCUT2D eigenvalue weighted by molar-refractivity contribution is -0.113. The highest BCUT2D eigenvalue weighted by Crippen LogP contribution is 2.24. The first kappa shape index (κ1) is 27.9. The first-order chi connectivity index (χ1) is 18.1. The van der Waals surface area contributed by atoms with Gasteiger partial charge < -0.3 is 10.6 Å². The monoisotopic (exact) mass is 635 g/mol. The molecule has 0 bridgehead atoms. The summed E-state index contributed by atoms with van der Waals surface area (Å²) in [6, 6.07) is 13.1. The molecular formula is C23H22BrN7O4S3. The Labute approximate surface area is 235 Å². The van der Waals surface area contributed by atoms with Crippen molar-refractivity contribution in [3.63, 3.8) is 0 Å². The van der Waals surface area contributed by atoms with Crippen LogP contribution in [0.3, 0.4) is 0 Å². The molecular weight excluding hydrogens is 614 g/mol. The summed E-state index contributed by atoms with van der Waals surface area (Å²) in [7, 11) is -0.711. The van der Waals surface area contributed by atoms with Crippen LogP contribution in [-0.4, -0.2) is 64.1 Å². The number of nitrogens with one attached hydrogen (secondary N) is 2. The Morgan fingerprint density at radius 3 is 2.42 bits per heavy atom. The SMILES string of the molecule is CN(C)S(=O)(=O)c1ccc(C(=O)NCc2nnc(SCC(=O)Nc3nccs3)n2-c2ccc(Br)cc2)cc1. The number of sulfonamides is 1. The van der Waals surface area contributed by atoms with Gasteiger partial charge in [0.05, 0.1) is 17.2 Å². The van der Waals surface area contributed by atoms with Crippen molar-refractivity contribution in [3.05, 3.63) is 76.0 Å². The second-order valence-electron chi connectivity index (χ2n) is 7.88. The standard InChI is InChI=1S/C23H22BrN7O4S3/c1-30(2)38(34,35)18-9-3-15(4-10-18)21(33)26-13-19-28-29-23(31(19)17-7-5-16(24)6-8-17)37-14-20(32)27-22-25-11-12-36-22/h3-12H,13-14H2,1-2H3,(H,26,33)(H,25,27,32). The molecule has 0 fully saturated rings. The van der Waals surface area contributed by atoms with Gasteiger partial charge in [0.2, 0.25) is 15.9 Å². The summed E-state index contributed by atoms with van der Waals surface area (Å²) < 4.78 is 28.3. The van der Waals surface area contributed by atoms with E-state index in [0.29, 0.717) is 21.7 Å². The molecule has 0 aliphatic carbocycles. The van der Waals surface area contributed by atoms with Crippen molar-refractivity contribution in [2.45, 2.75) is 16.6 Å². The maximum Gasteiger partial charge on any atom is 0.251 e. The highest BCUT2D eigenvalue weighted by molar-refractivity contribution is 9.10. The lowest BCUT2D eigenvalue weighted by Gasteiger charge is -2.12. The minimum atomic E-state index is -3.59. The fourth-order valence-corrected chi connectivity index (χ4v) is 5.66. The highest BCUT2D eigenvalue weighted by Gasteiger charge is 2.19. The number of nitrogens with zero attached hydrogens (tertiary/aromatic N) is 5. The quantitative estimate of drug-likeness (QED) is 0.253. The Morgan fingerprint density at radius 2 is 1.79 bits per heavy atom. The van der Waals surface area contributed by atoms with Crippen LogP contribution < -0.4 is 10.6 Å². The van der Waals surface area contributed by atoms with Gasteiger partial charge in [-0.15, -0.1) is 21.5 Å². The van der Waals surface area contributed by atoms with Gasteiger partial charge in [0.15, 0.2) is 16.1 Å². The minimum Gasteiger partial charge on any atom is -0.345 e. The molecule has 0 radical (unpaired) electrons. The van der Waals surface area contributed by atoms with Crippen LogP contribution in [0.15, 0.2) is 74.6 Å². The molecule has 0 atom stereocenters. The highest BCUT2D eigenvalue weighted by atomic mass is 79.9. The van der Waals surface area contributed by atoms with Crippen molar-refractivity contribution >= 4 is 66.0 Å². The van der Waals surface area contributed by atoms with Crippen LogP contribution >= 0.6 is 39.0 Å². The smallest absolute Gasteiger partial charge is 0.251 e. The topological polar surface area (TPSA) is 139 Å². The molecule has 15 heteroatoms. The van der Waals surface area contributed by atoms with Gasteiger partial charge in [-0.3, -0.25) is 14.2 Å². The number of thioether (sulfide) groups is 1. The van der Waals surface area contributed by atoms with Gasteiger partial charge in [-0.25, -0.2) is 17.7 Å². The molecule has 0 spiro atoms. The van der Waals surface area contributed by atoms with E-state index in [9.17, 15) is 18.0 Å². The molecule has 0 saturated carbocycles.